The number of hydrogen-bond donors (Lipinski definition) is 1. The van der Waals surface area contributed by atoms with E-state index in [2.05, 4.69) is 43.6 Å². The zero-order valence-electron chi connectivity index (χ0n) is 8.73. The molecule has 1 saturated carbocycles. The zero-order valence-corrected chi connectivity index (χ0v) is 10.3. The average molecular weight is 248 g/mol. The SMILES string of the molecule is CC1(C)CC(Br)(C2OC2N)C1(C)C. The Hall–Kier alpha value is 0.400. The summed E-state index contributed by atoms with van der Waals surface area (Å²) in [5.74, 6) is 0. The van der Waals surface area contributed by atoms with E-state index in [0.29, 0.717) is 5.41 Å². The minimum absolute atomic E-state index is 0.0465. The summed E-state index contributed by atoms with van der Waals surface area (Å²) in [5.41, 5.74) is 6.35. The molecule has 2 N–H and O–H groups in total. The van der Waals surface area contributed by atoms with Crippen LogP contribution >= 0.6 is 15.9 Å². The van der Waals surface area contributed by atoms with E-state index >= 15 is 0 Å². The van der Waals surface area contributed by atoms with Crippen LogP contribution in [0.4, 0.5) is 0 Å². The predicted molar refractivity (Wildman–Crippen MR) is 56.7 cm³/mol. The topological polar surface area (TPSA) is 38.5 Å². The van der Waals surface area contributed by atoms with Crippen LogP contribution in [-0.2, 0) is 4.74 Å². The van der Waals surface area contributed by atoms with Gasteiger partial charge in [0.1, 0.15) is 12.3 Å². The van der Waals surface area contributed by atoms with Crippen molar-refractivity contribution in [3.63, 3.8) is 0 Å². The summed E-state index contributed by atoms with van der Waals surface area (Å²) in [4.78, 5) is 0. The molecule has 0 amide bonds. The van der Waals surface area contributed by atoms with Crippen LogP contribution in [0.1, 0.15) is 34.1 Å². The van der Waals surface area contributed by atoms with Gasteiger partial charge in [-0.15, -0.1) is 0 Å². The highest BCUT2D eigenvalue weighted by atomic mass is 79.9. The molecular formula is C10H18BrNO. The van der Waals surface area contributed by atoms with E-state index in [9.17, 15) is 0 Å². The normalized spacial score (nSPS) is 51.2. The monoisotopic (exact) mass is 247 g/mol. The van der Waals surface area contributed by atoms with Gasteiger partial charge >= 0.3 is 0 Å². The van der Waals surface area contributed by atoms with Gasteiger partial charge < -0.3 is 10.5 Å². The quantitative estimate of drug-likeness (QED) is 0.571. The van der Waals surface area contributed by atoms with Gasteiger partial charge in [0, 0.05) is 0 Å². The molecule has 2 nitrogen and oxygen atoms in total. The van der Waals surface area contributed by atoms with Gasteiger partial charge in [-0.25, -0.2) is 0 Å². The van der Waals surface area contributed by atoms with Crippen LogP contribution in [0, 0.1) is 10.8 Å². The predicted octanol–water partition coefficient (Wildman–Crippen LogP) is 2.26. The summed E-state index contributed by atoms with van der Waals surface area (Å²) in [6, 6.07) is 0. The van der Waals surface area contributed by atoms with Crippen molar-refractivity contribution in [1.82, 2.24) is 0 Å². The Labute approximate surface area is 88.3 Å². The van der Waals surface area contributed by atoms with Gasteiger partial charge in [0.25, 0.3) is 0 Å². The van der Waals surface area contributed by atoms with E-state index < -0.39 is 0 Å². The van der Waals surface area contributed by atoms with Gasteiger partial charge in [-0.3, -0.25) is 0 Å². The molecule has 0 aromatic heterocycles. The summed E-state index contributed by atoms with van der Waals surface area (Å²) in [6.45, 7) is 9.19. The van der Waals surface area contributed by atoms with Crippen LogP contribution in [0.5, 0.6) is 0 Å². The molecule has 1 aliphatic carbocycles. The first-order valence-corrected chi connectivity index (χ1v) is 5.62. The second kappa shape index (κ2) is 2.31. The number of hydrogen-bond acceptors (Lipinski definition) is 2. The largest absolute Gasteiger partial charge is 0.352 e. The molecular weight excluding hydrogens is 230 g/mol. The first-order valence-electron chi connectivity index (χ1n) is 4.82. The second-order valence-electron chi connectivity index (χ2n) is 5.57. The Morgan fingerprint density at radius 1 is 1.31 bits per heavy atom. The Kier molecular flexibility index (Phi) is 1.77. The fourth-order valence-corrected chi connectivity index (χ4v) is 4.10. The van der Waals surface area contributed by atoms with Crippen molar-refractivity contribution < 1.29 is 4.74 Å². The number of rotatable bonds is 1. The van der Waals surface area contributed by atoms with Gasteiger partial charge in [-0.1, -0.05) is 43.6 Å². The summed E-state index contributed by atoms with van der Waals surface area (Å²) >= 11 is 3.83. The van der Waals surface area contributed by atoms with E-state index in [1.54, 1.807) is 0 Å². The number of epoxide rings is 1. The smallest absolute Gasteiger partial charge is 0.134 e. The van der Waals surface area contributed by atoms with E-state index in [4.69, 9.17) is 10.5 Å². The molecule has 1 aliphatic heterocycles. The van der Waals surface area contributed by atoms with Crippen LogP contribution in [-0.4, -0.2) is 16.7 Å². The van der Waals surface area contributed by atoms with E-state index in [0.717, 1.165) is 6.42 Å². The Morgan fingerprint density at radius 3 is 2.00 bits per heavy atom. The lowest BCUT2D eigenvalue weighted by Crippen LogP contribution is -2.65. The lowest BCUT2D eigenvalue weighted by Gasteiger charge is -2.64. The Balaban J connectivity index is 2.20. The van der Waals surface area contributed by atoms with Crippen molar-refractivity contribution in [1.29, 1.82) is 0 Å². The molecule has 76 valence electrons. The molecule has 2 rings (SSSR count). The van der Waals surface area contributed by atoms with Crippen molar-refractivity contribution in [2.24, 2.45) is 16.6 Å². The zero-order chi connectivity index (χ0) is 10.1. The Bertz CT molecular complexity index is 251. The highest BCUT2D eigenvalue weighted by Crippen LogP contribution is 2.70. The summed E-state index contributed by atoms with van der Waals surface area (Å²) in [7, 11) is 0. The first-order chi connectivity index (χ1) is 5.72. The van der Waals surface area contributed by atoms with Crippen LogP contribution in [0.3, 0.4) is 0 Å². The molecule has 0 aromatic rings. The molecule has 0 aromatic carbocycles. The number of alkyl halides is 1. The van der Waals surface area contributed by atoms with Gasteiger partial charge in [0.05, 0.1) is 4.32 Å². The number of ether oxygens (including phenoxy) is 1. The van der Waals surface area contributed by atoms with Gasteiger partial charge in [-0.05, 0) is 17.3 Å². The molecule has 1 heterocycles. The highest BCUT2D eigenvalue weighted by molar-refractivity contribution is 9.10. The maximum atomic E-state index is 5.72. The molecule has 1 saturated heterocycles. The van der Waals surface area contributed by atoms with Crippen molar-refractivity contribution in [3.8, 4) is 0 Å². The lowest BCUT2D eigenvalue weighted by molar-refractivity contribution is -0.0738. The van der Waals surface area contributed by atoms with Crippen LogP contribution in [0.2, 0.25) is 0 Å². The van der Waals surface area contributed by atoms with Crippen molar-refractivity contribution in [2.45, 2.75) is 50.8 Å². The van der Waals surface area contributed by atoms with Crippen LogP contribution in [0.15, 0.2) is 0 Å². The summed E-state index contributed by atoms with van der Waals surface area (Å²) in [6.07, 6.45) is 1.32. The summed E-state index contributed by atoms with van der Waals surface area (Å²) in [5, 5.41) is 0. The minimum atomic E-state index is -0.0465. The third-order valence-corrected chi connectivity index (χ3v) is 6.13. The fraction of sp³-hybridized carbons (Fsp3) is 1.00. The number of nitrogens with two attached hydrogens (primary N) is 1. The molecule has 0 spiro atoms. The minimum Gasteiger partial charge on any atom is -0.352 e. The highest BCUT2D eigenvalue weighted by Gasteiger charge is 2.71. The van der Waals surface area contributed by atoms with E-state index in [1.807, 2.05) is 0 Å². The fourth-order valence-electron chi connectivity index (χ4n) is 2.49. The molecule has 3 atom stereocenters. The maximum absolute atomic E-state index is 5.72. The first kappa shape index (κ1) is 9.94. The lowest BCUT2D eigenvalue weighted by atomic mass is 9.45. The standard InChI is InChI=1S/C10H18BrNO/c1-8(2)5-10(11,9(8,3)4)6-7(12)13-6/h6-7H,5,12H2,1-4H3. The molecule has 3 heteroatoms. The van der Waals surface area contributed by atoms with Crippen LogP contribution < -0.4 is 5.73 Å². The van der Waals surface area contributed by atoms with Crippen molar-refractivity contribution in [2.75, 3.05) is 0 Å². The molecule has 13 heavy (non-hydrogen) atoms. The molecule has 0 bridgehead atoms. The van der Waals surface area contributed by atoms with Crippen molar-refractivity contribution >= 4 is 15.9 Å². The maximum Gasteiger partial charge on any atom is 0.134 e. The van der Waals surface area contributed by atoms with E-state index in [1.165, 1.54) is 0 Å². The van der Waals surface area contributed by atoms with Gasteiger partial charge in [-0.2, -0.15) is 0 Å². The third kappa shape index (κ3) is 1.01. The molecule has 0 radical (unpaired) electrons. The molecule has 2 fully saturated rings. The van der Waals surface area contributed by atoms with Crippen LogP contribution in [0.25, 0.3) is 0 Å². The second-order valence-corrected chi connectivity index (χ2v) is 6.98. The van der Waals surface area contributed by atoms with Gasteiger partial charge in [0.15, 0.2) is 0 Å². The van der Waals surface area contributed by atoms with Gasteiger partial charge in [0.2, 0.25) is 0 Å². The molecule has 3 unspecified atom stereocenters. The molecule has 2 aliphatic rings. The summed E-state index contributed by atoms with van der Waals surface area (Å²) < 4.78 is 5.48. The van der Waals surface area contributed by atoms with Crippen molar-refractivity contribution in [3.05, 3.63) is 0 Å². The average Bonchev–Trinajstić information content (AvgIpc) is 2.65. The van der Waals surface area contributed by atoms with E-state index in [-0.39, 0.29) is 22.1 Å². The number of halogens is 1. The Morgan fingerprint density at radius 2 is 1.77 bits per heavy atom. The third-order valence-electron chi connectivity index (χ3n) is 4.41.